The van der Waals surface area contributed by atoms with Crippen molar-refractivity contribution in [2.24, 2.45) is 0 Å². The molecule has 2 aromatic rings. The summed E-state index contributed by atoms with van der Waals surface area (Å²) in [5, 5.41) is 4.62. The zero-order valence-electron chi connectivity index (χ0n) is 10.6. The van der Waals surface area contributed by atoms with Gasteiger partial charge in [0.2, 0.25) is 0 Å². The zero-order chi connectivity index (χ0) is 13.7. The van der Waals surface area contributed by atoms with E-state index in [2.05, 4.69) is 30.4 Å². The topological polar surface area (TPSA) is 12.0 Å². The lowest BCUT2D eigenvalue weighted by Crippen LogP contribution is -2.00. The van der Waals surface area contributed by atoms with Gasteiger partial charge in [0, 0.05) is 17.1 Å². The van der Waals surface area contributed by atoms with Gasteiger partial charge in [-0.2, -0.15) is 0 Å². The molecular weight excluding hydrogens is 297 g/mol. The molecule has 0 atom stereocenters. The van der Waals surface area contributed by atoms with E-state index in [1.807, 2.05) is 36.0 Å². The van der Waals surface area contributed by atoms with E-state index in [1.165, 1.54) is 4.90 Å². The van der Waals surface area contributed by atoms with Crippen LogP contribution in [0, 0.1) is 0 Å². The molecule has 0 spiro atoms. The van der Waals surface area contributed by atoms with Crippen LogP contribution < -0.4 is 5.32 Å². The van der Waals surface area contributed by atoms with Crippen molar-refractivity contribution in [3.8, 4) is 0 Å². The highest BCUT2D eigenvalue weighted by molar-refractivity contribution is 7.99. The summed E-state index contributed by atoms with van der Waals surface area (Å²) < 4.78 is 0. The Bertz CT molecular complexity index is 558. The monoisotopic (exact) mass is 311 g/mol. The van der Waals surface area contributed by atoms with Crippen LogP contribution in [0.1, 0.15) is 12.5 Å². The van der Waals surface area contributed by atoms with Gasteiger partial charge in [0.05, 0.1) is 10.0 Å². The van der Waals surface area contributed by atoms with Crippen LogP contribution in [0.5, 0.6) is 0 Å². The van der Waals surface area contributed by atoms with Gasteiger partial charge in [-0.05, 0) is 35.6 Å². The minimum Gasteiger partial charge on any atom is -0.380 e. The van der Waals surface area contributed by atoms with E-state index in [9.17, 15) is 0 Å². The van der Waals surface area contributed by atoms with Crippen LogP contribution in [-0.2, 0) is 6.54 Å². The molecule has 0 heterocycles. The van der Waals surface area contributed by atoms with Crippen molar-refractivity contribution >= 4 is 40.7 Å². The summed E-state index contributed by atoms with van der Waals surface area (Å²) in [7, 11) is 0. The van der Waals surface area contributed by atoms with Crippen molar-refractivity contribution in [2.45, 2.75) is 18.4 Å². The minimum absolute atomic E-state index is 0.590. The first-order valence-corrected chi connectivity index (χ1v) is 7.84. The van der Waals surface area contributed by atoms with E-state index in [4.69, 9.17) is 23.2 Å². The van der Waals surface area contributed by atoms with Crippen LogP contribution in [-0.4, -0.2) is 5.75 Å². The molecule has 0 aliphatic rings. The normalized spacial score (nSPS) is 10.5. The molecule has 1 nitrogen and oxygen atoms in total. The lowest BCUT2D eigenvalue weighted by molar-refractivity contribution is 1.13. The predicted molar refractivity (Wildman–Crippen MR) is 86.6 cm³/mol. The molecule has 0 amide bonds. The zero-order valence-corrected chi connectivity index (χ0v) is 12.9. The maximum absolute atomic E-state index is 6.01. The van der Waals surface area contributed by atoms with Gasteiger partial charge in [-0.25, -0.2) is 0 Å². The Balaban J connectivity index is 2.07. The maximum atomic E-state index is 6.01. The molecule has 0 saturated carbocycles. The predicted octanol–water partition coefficient (Wildman–Crippen LogP) is 5.72. The molecule has 0 aromatic heterocycles. The molecule has 19 heavy (non-hydrogen) atoms. The molecule has 1 N–H and O–H groups in total. The van der Waals surface area contributed by atoms with Gasteiger partial charge in [0.15, 0.2) is 0 Å². The fourth-order valence-corrected chi connectivity index (χ4v) is 2.84. The van der Waals surface area contributed by atoms with Gasteiger partial charge in [-0.1, -0.05) is 48.3 Å². The number of thioether (sulfide) groups is 1. The standard InChI is InChI=1S/C15H15Cl2NS/c1-2-19-15-6-4-3-5-14(15)18-10-11-7-8-12(16)13(17)9-11/h3-9,18H,2,10H2,1H3. The molecule has 2 aromatic carbocycles. The van der Waals surface area contributed by atoms with Gasteiger partial charge < -0.3 is 5.32 Å². The number of hydrogen-bond donors (Lipinski definition) is 1. The Labute approximate surface area is 128 Å². The fraction of sp³-hybridized carbons (Fsp3) is 0.200. The smallest absolute Gasteiger partial charge is 0.0595 e. The number of para-hydroxylation sites is 1. The van der Waals surface area contributed by atoms with E-state index >= 15 is 0 Å². The molecule has 0 fully saturated rings. The lowest BCUT2D eigenvalue weighted by Gasteiger charge is -2.11. The Morgan fingerprint density at radius 2 is 1.84 bits per heavy atom. The molecular formula is C15H15Cl2NS. The molecule has 0 radical (unpaired) electrons. The second kappa shape index (κ2) is 7.09. The van der Waals surface area contributed by atoms with E-state index in [-0.39, 0.29) is 0 Å². The molecule has 0 saturated heterocycles. The number of benzene rings is 2. The van der Waals surface area contributed by atoms with Gasteiger partial charge in [0.25, 0.3) is 0 Å². The summed E-state index contributed by atoms with van der Waals surface area (Å²) >= 11 is 13.8. The third-order valence-corrected chi connectivity index (χ3v) is 4.35. The van der Waals surface area contributed by atoms with Crippen LogP contribution in [0.15, 0.2) is 47.4 Å². The number of nitrogens with one attached hydrogen (secondary N) is 1. The molecule has 4 heteroatoms. The van der Waals surface area contributed by atoms with Crippen molar-refractivity contribution in [3.63, 3.8) is 0 Å². The van der Waals surface area contributed by atoms with E-state index in [0.717, 1.165) is 23.5 Å². The first-order valence-electron chi connectivity index (χ1n) is 6.10. The second-order valence-corrected chi connectivity index (χ2v) is 6.15. The highest BCUT2D eigenvalue weighted by Gasteiger charge is 2.03. The summed E-state index contributed by atoms with van der Waals surface area (Å²) in [6.45, 7) is 2.89. The van der Waals surface area contributed by atoms with E-state index in [0.29, 0.717) is 10.0 Å². The maximum Gasteiger partial charge on any atom is 0.0595 e. The van der Waals surface area contributed by atoms with E-state index < -0.39 is 0 Å². The average Bonchev–Trinajstić information content (AvgIpc) is 2.42. The summed E-state index contributed by atoms with van der Waals surface area (Å²) in [4.78, 5) is 1.27. The Morgan fingerprint density at radius 1 is 1.05 bits per heavy atom. The number of rotatable bonds is 5. The lowest BCUT2D eigenvalue weighted by atomic mass is 10.2. The second-order valence-electron chi connectivity index (χ2n) is 4.03. The molecule has 0 aliphatic heterocycles. The molecule has 0 aliphatic carbocycles. The van der Waals surface area contributed by atoms with Gasteiger partial charge >= 0.3 is 0 Å². The van der Waals surface area contributed by atoms with Crippen LogP contribution in [0.4, 0.5) is 5.69 Å². The van der Waals surface area contributed by atoms with Crippen LogP contribution >= 0.6 is 35.0 Å². The van der Waals surface area contributed by atoms with E-state index in [1.54, 1.807) is 0 Å². The summed E-state index contributed by atoms with van der Waals surface area (Å²) in [5.74, 6) is 1.06. The van der Waals surface area contributed by atoms with Crippen molar-refractivity contribution in [3.05, 3.63) is 58.1 Å². The summed E-state index contributed by atoms with van der Waals surface area (Å²) in [6, 6.07) is 14.0. The average molecular weight is 312 g/mol. The molecule has 2 rings (SSSR count). The van der Waals surface area contributed by atoms with Crippen LogP contribution in [0.25, 0.3) is 0 Å². The SMILES string of the molecule is CCSc1ccccc1NCc1ccc(Cl)c(Cl)c1. The quantitative estimate of drug-likeness (QED) is 0.709. The van der Waals surface area contributed by atoms with Gasteiger partial charge in [0.1, 0.15) is 0 Å². The summed E-state index contributed by atoms with van der Waals surface area (Å²) in [5.41, 5.74) is 2.27. The first kappa shape index (κ1) is 14.6. The minimum atomic E-state index is 0.590. The van der Waals surface area contributed by atoms with Gasteiger partial charge in [-0.15, -0.1) is 11.8 Å². The highest BCUT2D eigenvalue weighted by atomic mass is 35.5. The van der Waals surface area contributed by atoms with Crippen molar-refractivity contribution in [1.82, 2.24) is 0 Å². The highest BCUT2D eigenvalue weighted by Crippen LogP contribution is 2.28. The number of hydrogen-bond acceptors (Lipinski definition) is 2. The van der Waals surface area contributed by atoms with Gasteiger partial charge in [-0.3, -0.25) is 0 Å². The van der Waals surface area contributed by atoms with Crippen molar-refractivity contribution < 1.29 is 0 Å². The fourth-order valence-electron chi connectivity index (χ4n) is 1.74. The summed E-state index contributed by atoms with van der Waals surface area (Å²) in [6.07, 6.45) is 0. The third-order valence-electron chi connectivity index (χ3n) is 2.65. The molecule has 100 valence electrons. The third kappa shape index (κ3) is 4.07. The van der Waals surface area contributed by atoms with Crippen molar-refractivity contribution in [1.29, 1.82) is 0 Å². The number of anilines is 1. The first-order chi connectivity index (χ1) is 9.20. The Morgan fingerprint density at radius 3 is 2.58 bits per heavy atom. The van der Waals surface area contributed by atoms with Crippen LogP contribution in [0.2, 0.25) is 10.0 Å². The Hall–Kier alpha value is -0.830. The van der Waals surface area contributed by atoms with Crippen LogP contribution in [0.3, 0.4) is 0 Å². The Kier molecular flexibility index (Phi) is 5.44. The molecule has 0 bridgehead atoms. The van der Waals surface area contributed by atoms with Crippen molar-refractivity contribution in [2.75, 3.05) is 11.1 Å². The largest absolute Gasteiger partial charge is 0.380 e. The molecule has 0 unspecified atom stereocenters. The number of halogens is 2.